The number of nitrogens with one attached hydrogen (secondary N) is 2. The largest absolute Gasteiger partial charge is 0.490 e. The number of ether oxygens (including phenoxy) is 1. The summed E-state index contributed by atoms with van der Waals surface area (Å²) in [5.74, 6) is -1.28. The van der Waals surface area contributed by atoms with Gasteiger partial charge in [0.1, 0.15) is 18.4 Å². The zero-order valence-corrected chi connectivity index (χ0v) is 19.9. The van der Waals surface area contributed by atoms with Gasteiger partial charge in [0.2, 0.25) is 15.9 Å². The minimum Gasteiger partial charge on any atom is -0.490 e. The third-order valence-electron chi connectivity index (χ3n) is 4.37. The number of nitrogens with zero attached hydrogens (tertiary/aromatic N) is 1. The molecule has 0 aliphatic carbocycles. The molecule has 0 bridgehead atoms. The zero-order chi connectivity index (χ0) is 23.8. The highest BCUT2D eigenvalue weighted by atomic mass is 35.5. The Morgan fingerprint density at radius 1 is 1.06 bits per heavy atom. The summed E-state index contributed by atoms with van der Waals surface area (Å²) >= 11 is 5.83. The van der Waals surface area contributed by atoms with E-state index in [1.165, 1.54) is 42.6 Å². The minimum atomic E-state index is -4.07. The molecule has 1 amide bonds. The Kier molecular flexibility index (Phi) is 9.82. The lowest BCUT2D eigenvalue weighted by Gasteiger charge is -2.19. The van der Waals surface area contributed by atoms with Crippen LogP contribution in [0.5, 0.6) is 5.75 Å². The molecule has 180 valence electrons. The third-order valence-corrected chi connectivity index (χ3v) is 6.11. The zero-order valence-electron chi connectivity index (χ0n) is 17.5. The molecule has 34 heavy (non-hydrogen) atoms. The van der Waals surface area contributed by atoms with Crippen molar-refractivity contribution in [3.8, 4) is 5.75 Å². The first-order valence-corrected chi connectivity index (χ1v) is 11.5. The van der Waals surface area contributed by atoms with Gasteiger partial charge in [-0.05, 0) is 54.1 Å². The van der Waals surface area contributed by atoms with Crippen molar-refractivity contribution in [1.29, 1.82) is 0 Å². The molecule has 0 radical (unpaired) electrons. The lowest BCUT2D eigenvalue weighted by atomic mass is 10.1. The molecule has 0 unspecified atom stereocenters. The number of aromatic nitrogens is 1. The van der Waals surface area contributed by atoms with Crippen molar-refractivity contribution in [2.75, 3.05) is 11.9 Å². The van der Waals surface area contributed by atoms with Crippen LogP contribution in [0.15, 0.2) is 78.0 Å². The Morgan fingerprint density at radius 3 is 2.32 bits per heavy atom. The van der Waals surface area contributed by atoms with Gasteiger partial charge in [-0.15, -0.1) is 12.4 Å². The number of hydrogen-bond acceptors (Lipinski definition) is 6. The minimum absolute atomic E-state index is 0. The van der Waals surface area contributed by atoms with Crippen LogP contribution < -0.4 is 14.8 Å². The number of rotatable bonds is 10. The first kappa shape index (κ1) is 27.1. The molecule has 0 saturated heterocycles. The number of benzene rings is 2. The summed E-state index contributed by atoms with van der Waals surface area (Å²) in [5.41, 5.74) is 0.923. The monoisotopic (exact) mass is 525 g/mol. The number of sulfonamides is 1. The molecule has 12 heteroatoms. The molecule has 0 aliphatic heterocycles. The van der Waals surface area contributed by atoms with Crippen molar-refractivity contribution in [1.82, 2.24) is 9.71 Å². The van der Waals surface area contributed by atoms with Crippen molar-refractivity contribution >= 4 is 51.6 Å². The van der Waals surface area contributed by atoms with Gasteiger partial charge in [0.15, 0.2) is 0 Å². The Balaban J connectivity index is 0.00000408. The van der Waals surface area contributed by atoms with Crippen molar-refractivity contribution in [3.05, 3.63) is 83.6 Å². The molecule has 0 fully saturated rings. The number of halogens is 2. The van der Waals surface area contributed by atoms with Crippen LogP contribution in [0.4, 0.5) is 5.69 Å². The van der Waals surface area contributed by atoms with Crippen LogP contribution in [0.3, 0.4) is 0 Å². The second kappa shape index (κ2) is 12.3. The van der Waals surface area contributed by atoms with Crippen LogP contribution in [-0.4, -0.2) is 43.0 Å². The van der Waals surface area contributed by atoms with Crippen molar-refractivity contribution < 1.29 is 27.9 Å². The number of carboxylic acid groups (broad SMARTS) is 1. The van der Waals surface area contributed by atoms with Crippen LogP contribution in [0.2, 0.25) is 5.02 Å². The highest BCUT2D eigenvalue weighted by molar-refractivity contribution is 7.89. The highest BCUT2D eigenvalue weighted by Crippen LogP contribution is 2.16. The van der Waals surface area contributed by atoms with Crippen molar-refractivity contribution in [3.63, 3.8) is 0 Å². The fourth-order valence-electron chi connectivity index (χ4n) is 2.75. The van der Waals surface area contributed by atoms with Crippen LogP contribution in [-0.2, 0) is 26.0 Å². The molecular weight excluding hydrogens is 505 g/mol. The summed E-state index contributed by atoms with van der Waals surface area (Å²) in [4.78, 5) is 27.6. The van der Waals surface area contributed by atoms with E-state index in [4.69, 9.17) is 21.4 Å². The summed E-state index contributed by atoms with van der Waals surface area (Å²) in [6.07, 6.45) is 2.83. The third kappa shape index (κ3) is 7.99. The second-order valence-corrected chi connectivity index (χ2v) is 9.03. The lowest BCUT2D eigenvalue weighted by Crippen LogP contribution is -2.47. The molecule has 9 nitrogen and oxygen atoms in total. The first-order chi connectivity index (χ1) is 15.7. The smallest absolute Gasteiger partial charge is 0.307 e. The average molecular weight is 526 g/mol. The maximum atomic E-state index is 12.9. The van der Waals surface area contributed by atoms with Crippen molar-refractivity contribution in [2.24, 2.45) is 0 Å². The van der Waals surface area contributed by atoms with Gasteiger partial charge in [-0.2, -0.15) is 4.72 Å². The average Bonchev–Trinajstić information content (AvgIpc) is 2.78. The molecule has 3 N–H and O–H groups in total. The van der Waals surface area contributed by atoms with E-state index in [-0.39, 0.29) is 30.3 Å². The number of amides is 1. The quantitative estimate of drug-likeness (QED) is 0.370. The molecule has 1 heterocycles. The predicted octanol–water partition coefficient (Wildman–Crippen LogP) is 3.15. The molecule has 1 atom stereocenters. The van der Waals surface area contributed by atoms with E-state index < -0.39 is 27.9 Å². The number of hydrogen-bond donors (Lipinski definition) is 3. The van der Waals surface area contributed by atoms with Crippen LogP contribution in [0, 0.1) is 0 Å². The number of anilines is 1. The van der Waals surface area contributed by atoms with Gasteiger partial charge in [-0.25, -0.2) is 8.42 Å². The first-order valence-electron chi connectivity index (χ1n) is 9.65. The molecule has 2 aromatic carbocycles. The normalized spacial score (nSPS) is 11.7. The maximum absolute atomic E-state index is 12.9. The Labute approximate surface area is 207 Å². The number of pyridine rings is 1. The van der Waals surface area contributed by atoms with Crippen molar-refractivity contribution in [2.45, 2.75) is 17.4 Å². The van der Waals surface area contributed by atoms with E-state index in [1.807, 2.05) is 0 Å². The van der Waals surface area contributed by atoms with E-state index >= 15 is 0 Å². The number of carboxylic acids is 1. The van der Waals surface area contributed by atoms with Gasteiger partial charge >= 0.3 is 5.97 Å². The van der Waals surface area contributed by atoms with Gasteiger partial charge in [-0.1, -0.05) is 23.7 Å². The Morgan fingerprint density at radius 2 is 1.74 bits per heavy atom. The molecule has 0 aliphatic rings. The van der Waals surface area contributed by atoms with Gasteiger partial charge in [0.05, 0.1) is 17.5 Å². The Hall–Kier alpha value is -3.18. The van der Waals surface area contributed by atoms with Gasteiger partial charge in [0, 0.05) is 16.9 Å². The summed E-state index contributed by atoms with van der Waals surface area (Å²) in [6, 6.07) is 13.6. The van der Waals surface area contributed by atoms with Gasteiger partial charge < -0.3 is 15.2 Å². The topological polar surface area (TPSA) is 135 Å². The summed E-state index contributed by atoms with van der Waals surface area (Å²) in [5, 5.41) is 11.8. The molecular formula is C22H21Cl2N3O6S. The fraction of sp³-hybridized carbons (Fsp3) is 0.136. The van der Waals surface area contributed by atoms with Crippen LogP contribution >= 0.6 is 24.0 Å². The fourth-order valence-corrected chi connectivity index (χ4v) is 4.06. The molecule has 0 saturated carbocycles. The van der Waals surface area contributed by atoms with Gasteiger partial charge in [0.25, 0.3) is 0 Å². The summed E-state index contributed by atoms with van der Waals surface area (Å²) in [7, 11) is -4.07. The predicted molar refractivity (Wildman–Crippen MR) is 129 cm³/mol. The van der Waals surface area contributed by atoms with Crippen LogP contribution in [0.1, 0.15) is 5.56 Å². The molecule has 3 rings (SSSR count). The van der Waals surface area contributed by atoms with Crippen LogP contribution in [0.25, 0.3) is 0 Å². The highest BCUT2D eigenvalue weighted by Gasteiger charge is 2.27. The van der Waals surface area contributed by atoms with E-state index in [2.05, 4.69) is 15.0 Å². The number of aliphatic carboxylic acids is 1. The van der Waals surface area contributed by atoms with E-state index in [1.54, 1.807) is 30.5 Å². The SMILES string of the molecule is Cl.O=C(O)Cc1ccc(NC(=O)[C@H](COc2cccnc2)NS(=O)(=O)c2ccc(Cl)cc2)cc1. The van der Waals surface area contributed by atoms with E-state index in [0.29, 0.717) is 22.0 Å². The number of carbonyl (C=O) groups is 2. The Bertz CT molecular complexity index is 1210. The van der Waals surface area contributed by atoms with E-state index in [9.17, 15) is 18.0 Å². The molecule has 0 spiro atoms. The maximum Gasteiger partial charge on any atom is 0.307 e. The second-order valence-electron chi connectivity index (χ2n) is 6.88. The number of carbonyl (C=O) groups excluding carboxylic acids is 1. The van der Waals surface area contributed by atoms with E-state index in [0.717, 1.165) is 0 Å². The molecule has 3 aromatic rings. The summed E-state index contributed by atoms with van der Waals surface area (Å²) in [6.45, 7) is -0.304. The molecule has 1 aromatic heterocycles. The lowest BCUT2D eigenvalue weighted by molar-refractivity contribution is -0.136. The standard InChI is InChI=1S/C22H20ClN3O6S.ClH/c23-16-5-9-19(10-6-16)33(30,31)26-20(14-32-18-2-1-11-24-13-18)22(29)25-17-7-3-15(4-8-17)12-21(27)28;/h1-11,13,20,26H,12,14H2,(H,25,29)(H,27,28);1H/t20-;/m0./s1. The van der Waals surface area contributed by atoms with Gasteiger partial charge in [-0.3, -0.25) is 14.6 Å². The summed E-state index contributed by atoms with van der Waals surface area (Å²) < 4.78 is 33.5.